The number of imidazole rings is 1. The zero-order valence-corrected chi connectivity index (χ0v) is 9.83. The minimum atomic E-state index is 0.0117. The molecule has 2 aromatic heterocycles. The van der Waals surface area contributed by atoms with E-state index in [-0.39, 0.29) is 6.61 Å². The smallest absolute Gasteiger partial charge is 0.168 e. The van der Waals surface area contributed by atoms with E-state index in [0.717, 1.165) is 5.65 Å². The van der Waals surface area contributed by atoms with Crippen molar-refractivity contribution in [3.8, 4) is 6.07 Å². The number of aromatic nitrogens is 2. The molecule has 2 aromatic rings. The molecule has 6 heteroatoms. The van der Waals surface area contributed by atoms with Crippen LogP contribution in [-0.2, 0) is 4.74 Å². The lowest BCUT2D eigenvalue weighted by Gasteiger charge is -2.03. The van der Waals surface area contributed by atoms with Crippen molar-refractivity contribution in [3.63, 3.8) is 0 Å². The molecule has 0 radical (unpaired) electrons. The number of anilines is 1. The van der Waals surface area contributed by atoms with E-state index < -0.39 is 0 Å². The Morgan fingerprint density at radius 2 is 2.33 bits per heavy atom. The molecule has 0 aliphatic rings. The van der Waals surface area contributed by atoms with Crippen molar-refractivity contribution >= 4 is 11.5 Å². The third-order valence-corrected chi connectivity index (χ3v) is 2.41. The zero-order valence-electron chi connectivity index (χ0n) is 9.83. The fourth-order valence-electron chi connectivity index (χ4n) is 1.63. The highest BCUT2D eigenvalue weighted by molar-refractivity contribution is 5.58. The highest BCUT2D eigenvalue weighted by Gasteiger charge is 2.10. The number of aliphatic hydroxyl groups is 1. The van der Waals surface area contributed by atoms with Crippen molar-refractivity contribution in [1.29, 1.82) is 5.26 Å². The quantitative estimate of drug-likeness (QED) is 0.730. The third-order valence-electron chi connectivity index (χ3n) is 2.41. The maximum absolute atomic E-state index is 9.13. The lowest BCUT2D eigenvalue weighted by Crippen LogP contribution is -2.12. The summed E-state index contributed by atoms with van der Waals surface area (Å²) in [4.78, 5) is 4.33. The second-order valence-electron chi connectivity index (χ2n) is 3.61. The Morgan fingerprint density at radius 1 is 1.44 bits per heavy atom. The van der Waals surface area contributed by atoms with Gasteiger partial charge in [-0.15, -0.1) is 0 Å². The zero-order chi connectivity index (χ0) is 12.8. The second-order valence-corrected chi connectivity index (χ2v) is 3.61. The van der Waals surface area contributed by atoms with Gasteiger partial charge >= 0.3 is 0 Å². The summed E-state index contributed by atoms with van der Waals surface area (Å²) in [7, 11) is 0. The molecule has 0 atom stereocenters. The fraction of sp³-hybridized carbons (Fsp3) is 0.333. The summed E-state index contributed by atoms with van der Waals surface area (Å²) in [6.45, 7) is 1.33. The maximum Gasteiger partial charge on any atom is 0.168 e. The molecule has 94 valence electrons. The van der Waals surface area contributed by atoms with Gasteiger partial charge in [0.05, 0.1) is 19.8 Å². The van der Waals surface area contributed by atoms with Crippen molar-refractivity contribution in [2.45, 2.75) is 0 Å². The summed E-state index contributed by atoms with van der Waals surface area (Å²) in [6.07, 6.45) is 1.80. The van der Waals surface area contributed by atoms with Crippen molar-refractivity contribution in [1.82, 2.24) is 9.38 Å². The Labute approximate surface area is 104 Å². The van der Waals surface area contributed by atoms with Crippen LogP contribution in [0.25, 0.3) is 5.65 Å². The molecule has 0 fully saturated rings. The molecule has 0 unspecified atom stereocenters. The first-order chi connectivity index (χ1) is 8.86. The van der Waals surface area contributed by atoms with E-state index in [1.165, 1.54) is 0 Å². The van der Waals surface area contributed by atoms with Crippen LogP contribution >= 0.6 is 0 Å². The molecule has 0 saturated carbocycles. The van der Waals surface area contributed by atoms with E-state index in [1.807, 2.05) is 18.2 Å². The van der Waals surface area contributed by atoms with E-state index in [9.17, 15) is 0 Å². The van der Waals surface area contributed by atoms with Crippen LogP contribution in [0.1, 0.15) is 5.69 Å². The van der Waals surface area contributed by atoms with Crippen LogP contribution in [0.2, 0.25) is 0 Å². The molecular formula is C12H14N4O2. The molecule has 0 saturated heterocycles. The Kier molecular flexibility index (Phi) is 4.12. The summed E-state index contributed by atoms with van der Waals surface area (Å²) in [5.74, 6) is 0.552. The summed E-state index contributed by atoms with van der Waals surface area (Å²) in [6, 6.07) is 7.69. The van der Waals surface area contributed by atoms with Crippen LogP contribution < -0.4 is 5.32 Å². The van der Waals surface area contributed by atoms with Gasteiger partial charge in [-0.3, -0.25) is 4.40 Å². The van der Waals surface area contributed by atoms with Crippen LogP contribution in [0.4, 0.5) is 5.82 Å². The predicted octanol–water partition coefficient (Wildman–Crippen LogP) is 0.627. The number of pyridine rings is 1. The Hall–Kier alpha value is -2.10. The number of nitrogens with one attached hydrogen (secondary N) is 1. The van der Waals surface area contributed by atoms with Crippen LogP contribution in [-0.4, -0.2) is 40.9 Å². The first-order valence-corrected chi connectivity index (χ1v) is 5.66. The van der Waals surface area contributed by atoms with E-state index in [1.54, 1.807) is 10.6 Å². The van der Waals surface area contributed by atoms with E-state index in [0.29, 0.717) is 31.3 Å². The van der Waals surface area contributed by atoms with Gasteiger partial charge in [0.1, 0.15) is 11.7 Å². The van der Waals surface area contributed by atoms with Gasteiger partial charge in [0, 0.05) is 12.7 Å². The molecule has 2 N–H and O–H groups in total. The second kappa shape index (κ2) is 6.00. The molecule has 0 spiro atoms. The average molecular weight is 246 g/mol. The number of aliphatic hydroxyl groups excluding tert-OH is 1. The highest BCUT2D eigenvalue weighted by atomic mass is 16.5. The average Bonchev–Trinajstić information content (AvgIpc) is 2.76. The highest BCUT2D eigenvalue weighted by Crippen LogP contribution is 2.15. The number of hydrogen-bond acceptors (Lipinski definition) is 5. The maximum atomic E-state index is 9.13. The van der Waals surface area contributed by atoms with Gasteiger partial charge in [0.2, 0.25) is 0 Å². The standard InChI is InChI=1S/C12H14N4O2/c13-9-10-12(14-4-7-18-8-6-17)15-11-3-1-2-5-16(10)11/h1-3,5,14,17H,4,6-8H2. The molecule has 0 aliphatic carbocycles. The van der Waals surface area contributed by atoms with E-state index in [4.69, 9.17) is 15.1 Å². The molecule has 2 rings (SSSR count). The van der Waals surface area contributed by atoms with Gasteiger partial charge in [-0.25, -0.2) is 4.98 Å². The molecule has 6 nitrogen and oxygen atoms in total. The number of hydrogen-bond donors (Lipinski definition) is 2. The van der Waals surface area contributed by atoms with Gasteiger partial charge in [0.25, 0.3) is 0 Å². The molecule has 18 heavy (non-hydrogen) atoms. The Morgan fingerprint density at radius 3 is 3.11 bits per heavy atom. The van der Waals surface area contributed by atoms with Crippen LogP contribution in [0, 0.1) is 11.3 Å². The van der Waals surface area contributed by atoms with Crippen molar-refractivity contribution in [2.24, 2.45) is 0 Å². The number of rotatable bonds is 6. The lowest BCUT2D eigenvalue weighted by molar-refractivity contribution is 0.0992. The number of ether oxygens (including phenoxy) is 1. The summed E-state index contributed by atoms with van der Waals surface area (Å²) in [5, 5.41) is 20.7. The van der Waals surface area contributed by atoms with Crippen molar-refractivity contribution in [3.05, 3.63) is 30.1 Å². The van der Waals surface area contributed by atoms with Gasteiger partial charge in [-0.05, 0) is 12.1 Å². The van der Waals surface area contributed by atoms with Crippen molar-refractivity contribution in [2.75, 3.05) is 31.7 Å². The largest absolute Gasteiger partial charge is 0.394 e. The molecule has 0 amide bonds. The van der Waals surface area contributed by atoms with Gasteiger partial charge in [-0.2, -0.15) is 5.26 Å². The van der Waals surface area contributed by atoms with E-state index >= 15 is 0 Å². The predicted molar refractivity (Wildman–Crippen MR) is 66.3 cm³/mol. The Bertz CT molecular complexity index is 559. The molecule has 0 aromatic carbocycles. The van der Waals surface area contributed by atoms with Crippen molar-refractivity contribution < 1.29 is 9.84 Å². The first kappa shape index (κ1) is 12.4. The lowest BCUT2D eigenvalue weighted by atomic mass is 10.4. The third kappa shape index (κ3) is 2.59. The Balaban J connectivity index is 2.06. The van der Waals surface area contributed by atoms with Gasteiger partial charge < -0.3 is 15.2 Å². The molecule has 0 bridgehead atoms. The molecule has 0 aliphatic heterocycles. The number of fused-ring (bicyclic) bond motifs is 1. The minimum Gasteiger partial charge on any atom is -0.394 e. The van der Waals surface area contributed by atoms with E-state index in [2.05, 4.69) is 16.4 Å². The number of nitrogens with zero attached hydrogens (tertiary/aromatic N) is 3. The molecule has 2 heterocycles. The normalized spacial score (nSPS) is 10.4. The number of nitriles is 1. The first-order valence-electron chi connectivity index (χ1n) is 5.66. The van der Waals surface area contributed by atoms with Gasteiger partial charge in [0.15, 0.2) is 11.5 Å². The summed E-state index contributed by atoms with van der Waals surface area (Å²) in [5.41, 5.74) is 1.21. The fourth-order valence-corrected chi connectivity index (χ4v) is 1.63. The summed E-state index contributed by atoms with van der Waals surface area (Å²) >= 11 is 0. The SMILES string of the molecule is N#Cc1c(NCCOCCO)nc2ccccn12. The monoisotopic (exact) mass is 246 g/mol. The summed E-state index contributed by atoms with van der Waals surface area (Å²) < 4.78 is 6.86. The van der Waals surface area contributed by atoms with Crippen LogP contribution in [0.3, 0.4) is 0 Å². The van der Waals surface area contributed by atoms with Crippen LogP contribution in [0.5, 0.6) is 0 Å². The van der Waals surface area contributed by atoms with Crippen LogP contribution in [0.15, 0.2) is 24.4 Å². The minimum absolute atomic E-state index is 0.0117. The molecular weight excluding hydrogens is 232 g/mol. The van der Waals surface area contributed by atoms with Gasteiger partial charge in [-0.1, -0.05) is 6.07 Å². The topological polar surface area (TPSA) is 82.6 Å².